The second-order valence-corrected chi connectivity index (χ2v) is 4.65. The Kier molecular flexibility index (Phi) is 4.79. The number of rotatable bonds is 5. The van der Waals surface area contributed by atoms with Gasteiger partial charge in [0.05, 0.1) is 6.10 Å². The summed E-state index contributed by atoms with van der Waals surface area (Å²) in [5.74, 6) is -0.175. The van der Waals surface area contributed by atoms with Crippen molar-refractivity contribution in [1.29, 1.82) is 0 Å². The number of benzene rings is 2. The van der Waals surface area contributed by atoms with Crippen LogP contribution in [0.15, 0.2) is 48.5 Å². The van der Waals surface area contributed by atoms with Crippen LogP contribution in [-0.2, 0) is 0 Å². The molecular formula is C16H18N2O3. The maximum Gasteiger partial charge on any atom is 0.251 e. The van der Waals surface area contributed by atoms with Gasteiger partial charge in [0, 0.05) is 24.8 Å². The Morgan fingerprint density at radius 3 is 2.67 bits per heavy atom. The van der Waals surface area contributed by atoms with E-state index in [0.717, 1.165) is 5.69 Å². The number of aliphatic hydroxyl groups excluding tert-OH is 1. The highest BCUT2D eigenvalue weighted by Crippen LogP contribution is 2.17. The van der Waals surface area contributed by atoms with E-state index in [0.29, 0.717) is 11.1 Å². The van der Waals surface area contributed by atoms with E-state index in [-0.39, 0.29) is 18.2 Å². The van der Waals surface area contributed by atoms with Crippen molar-refractivity contribution in [3.05, 3.63) is 59.7 Å². The molecule has 0 aliphatic heterocycles. The maximum atomic E-state index is 12.0. The van der Waals surface area contributed by atoms with Gasteiger partial charge in [-0.05, 0) is 35.9 Å². The quantitative estimate of drug-likeness (QED) is 0.676. The lowest BCUT2D eigenvalue weighted by molar-refractivity contribution is 0.0916. The van der Waals surface area contributed by atoms with Gasteiger partial charge in [0.2, 0.25) is 0 Å². The number of aromatic hydroxyl groups is 1. The molecule has 0 aliphatic rings. The van der Waals surface area contributed by atoms with Gasteiger partial charge in [-0.25, -0.2) is 0 Å². The van der Waals surface area contributed by atoms with Crippen molar-refractivity contribution in [3.8, 4) is 5.75 Å². The number of hydrogen-bond donors (Lipinski definition) is 4. The summed E-state index contributed by atoms with van der Waals surface area (Å²) >= 11 is 0. The topological polar surface area (TPSA) is 81.6 Å². The molecule has 1 unspecified atom stereocenters. The molecule has 0 heterocycles. The monoisotopic (exact) mass is 286 g/mol. The lowest BCUT2D eigenvalue weighted by atomic mass is 10.1. The summed E-state index contributed by atoms with van der Waals surface area (Å²) in [6, 6.07) is 13.4. The Balaban J connectivity index is 1.97. The lowest BCUT2D eigenvalue weighted by Crippen LogP contribution is -2.28. The normalized spacial score (nSPS) is 11.7. The highest BCUT2D eigenvalue weighted by atomic mass is 16.3. The molecule has 1 atom stereocenters. The van der Waals surface area contributed by atoms with Crippen LogP contribution in [0.4, 0.5) is 5.69 Å². The van der Waals surface area contributed by atoms with Gasteiger partial charge in [0.25, 0.3) is 5.91 Å². The molecule has 0 bridgehead atoms. The van der Waals surface area contributed by atoms with Crippen LogP contribution in [0.25, 0.3) is 0 Å². The zero-order valence-electron chi connectivity index (χ0n) is 11.7. The van der Waals surface area contributed by atoms with Crippen LogP contribution >= 0.6 is 0 Å². The van der Waals surface area contributed by atoms with Crippen molar-refractivity contribution in [3.63, 3.8) is 0 Å². The van der Waals surface area contributed by atoms with Gasteiger partial charge in [-0.15, -0.1) is 0 Å². The number of amides is 1. The summed E-state index contributed by atoms with van der Waals surface area (Å²) in [7, 11) is 1.78. The Bertz CT molecular complexity index is 628. The van der Waals surface area contributed by atoms with E-state index in [2.05, 4.69) is 10.6 Å². The van der Waals surface area contributed by atoms with Gasteiger partial charge in [-0.2, -0.15) is 0 Å². The summed E-state index contributed by atoms with van der Waals surface area (Å²) < 4.78 is 0. The zero-order chi connectivity index (χ0) is 15.2. The van der Waals surface area contributed by atoms with Crippen molar-refractivity contribution in [2.45, 2.75) is 6.10 Å². The van der Waals surface area contributed by atoms with Gasteiger partial charge in [0.15, 0.2) is 0 Å². The average Bonchev–Trinajstić information content (AvgIpc) is 2.52. The minimum absolute atomic E-state index is 0.0755. The van der Waals surface area contributed by atoms with Crippen molar-refractivity contribution in [1.82, 2.24) is 5.32 Å². The average molecular weight is 286 g/mol. The molecule has 4 N–H and O–H groups in total. The van der Waals surface area contributed by atoms with Gasteiger partial charge >= 0.3 is 0 Å². The summed E-state index contributed by atoms with van der Waals surface area (Å²) in [6.07, 6.45) is -0.867. The number of anilines is 1. The molecule has 2 rings (SSSR count). The predicted octanol–water partition coefficient (Wildman–Crippen LogP) is 1.90. The summed E-state index contributed by atoms with van der Waals surface area (Å²) in [5, 5.41) is 25.0. The third kappa shape index (κ3) is 3.97. The summed E-state index contributed by atoms with van der Waals surface area (Å²) in [6.45, 7) is 0.0755. The van der Waals surface area contributed by atoms with Crippen LogP contribution in [0.1, 0.15) is 22.0 Å². The first-order valence-electron chi connectivity index (χ1n) is 6.63. The fourth-order valence-electron chi connectivity index (χ4n) is 1.96. The van der Waals surface area contributed by atoms with Crippen LogP contribution < -0.4 is 10.6 Å². The largest absolute Gasteiger partial charge is 0.508 e. The second-order valence-electron chi connectivity index (χ2n) is 4.65. The fraction of sp³-hybridized carbons (Fsp3) is 0.188. The van der Waals surface area contributed by atoms with Gasteiger partial charge in [-0.1, -0.05) is 18.2 Å². The van der Waals surface area contributed by atoms with Crippen LogP contribution in [0, 0.1) is 0 Å². The third-order valence-electron chi connectivity index (χ3n) is 3.12. The van der Waals surface area contributed by atoms with Crippen LogP contribution in [0.5, 0.6) is 5.75 Å². The molecule has 110 valence electrons. The van der Waals surface area contributed by atoms with E-state index in [9.17, 15) is 15.0 Å². The number of nitrogens with one attached hydrogen (secondary N) is 2. The number of phenols is 1. The van der Waals surface area contributed by atoms with E-state index in [4.69, 9.17) is 0 Å². The molecule has 0 fully saturated rings. The van der Waals surface area contributed by atoms with E-state index in [1.165, 1.54) is 12.1 Å². The van der Waals surface area contributed by atoms with Crippen LogP contribution in [0.3, 0.4) is 0 Å². The van der Waals surface area contributed by atoms with E-state index in [1.807, 2.05) is 6.07 Å². The Morgan fingerprint density at radius 2 is 1.95 bits per heavy atom. The van der Waals surface area contributed by atoms with Crippen molar-refractivity contribution < 1.29 is 15.0 Å². The molecule has 0 spiro atoms. The van der Waals surface area contributed by atoms with Crippen molar-refractivity contribution >= 4 is 11.6 Å². The van der Waals surface area contributed by atoms with Crippen LogP contribution in [-0.4, -0.2) is 29.7 Å². The van der Waals surface area contributed by atoms with E-state index in [1.54, 1.807) is 37.4 Å². The number of carbonyl (C=O) groups is 1. The molecular weight excluding hydrogens is 268 g/mol. The van der Waals surface area contributed by atoms with E-state index < -0.39 is 6.10 Å². The molecule has 5 nitrogen and oxygen atoms in total. The molecule has 0 aromatic heterocycles. The summed E-state index contributed by atoms with van der Waals surface area (Å²) in [5.41, 5.74) is 1.92. The number of carbonyl (C=O) groups excluding carboxylic acids is 1. The number of aliphatic hydroxyl groups is 1. The highest BCUT2D eigenvalue weighted by molar-refractivity contribution is 5.95. The van der Waals surface area contributed by atoms with Crippen LogP contribution in [0.2, 0.25) is 0 Å². The van der Waals surface area contributed by atoms with Gasteiger partial charge in [0.1, 0.15) is 5.75 Å². The molecule has 0 saturated heterocycles. The first-order chi connectivity index (χ1) is 10.1. The van der Waals surface area contributed by atoms with E-state index >= 15 is 0 Å². The number of hydrogen-bond acceptors (Lipinski definition) is 4. The minimum Gasteiger partial charge on any atom is -0.508 e. The number of phenolic OH excluding ortho intramolecular Hbond substituents is 1. The van der Waals surface area contributed by atoms with Crippen molar-refractivity contribution in [2.75, 3.05) is 18.9 Å². The second kappa shape index (κ2) is 6.76. The molecule has 2 aromatic rings. The molecule has 5 heteroatoms. The Hall–Kier alpha value is -2.53. The molecule has 1 amide bonds. The molecule has 2 aromatic carbocycles. The first-order valence-corrected chi connectivity index (χ1v) is 6.63. The van der Waals surface area contributed by atoms with Crippen molar-refractivity contribution in [2.24, 2.45) is 0 Å². The Morgan fingerprint density at radius 1 is 1.19 bits per heavy atom. The predicted molar refractivity (Wildman–Crippen MR) is 81.4 cm³/mol. The fourth-order valence-corrected chi connectivity index (χ4v) is 1.96. The molecule has 0 radical (unpaired) electrons. The van der Waals surface area contributed by atoms with Gasteiger partial charge < -0.3 is 20.8 Å². The highest BCUT2D eigenvalue weighted by Gasteiger charge is 2.11. The lowest BCUT2D eigenvalue weighted by Gasteiger charge is -2.13. The third-order valence-corrected chi connectivity index (χ3v) is 3.12. The Labute approximate surface area is 123 Å². The standard InChI is InChI=1S/C16H18N2O3/c1-17-13-6-2-5-12(8-13)16(21)18-10-15(20)11-4-3-7-14(19)9-11/h2-9,15,17,19-20H,10H2,1H3,(H,18,21). The van der Waals surface area contributed by atoms with Gasteiger partial charge in [-0.3, -0.25) is 4.79 Å². The molecule has 21 heavy (non-hydrogen) atoms. The maximum absolute atomic E-state index is 12.0. The smallest absolute Gasteiger partial charge is 0.251 e. The minimum atomic E-state index is -0.867. The SMILES string of the molecule is CNc1cccc(C(=O)NCC(O)c2cccc(O)c2)c1. The summed E-state index contributed by atoms with van der Waals surface area (Å²) in [4.78, 5) is 12.0. The zero-order valence-corrected chi connectivity index (χ0v) is 11.7. The molecule has 0 saturated carbocycles. The first kappa shape index (κ1) is 14.9. The molecule has 0 aliphatic carbocycles.